The lowest BCUT2D eigenvalue weighted by Crippen LogP contribution is -2.43. The lowest BCUT2D eigenvalue weighted by Gasteiger charge is -2.28. The number of hydrogen-bond donors (Lipinski definition) is 2. The summed E-state index contributed by atoms with van der Waals surface area (Å²) in [5, 5.41) is 3.14. The minimum atomic E-state index is -0.675. The van der Waals surface area contributed by atoms with Gasteiger partial charge in [0.25, 0.3) is 0 Å². The number of hydrogen-bond acceptors (Lipinski definition) is 3. The predicted molar refractivity (Wildman–Crippen MR) is 41.1 cm³/mol. The largest absolute Gasteiger partial charge is 0.445 e. The molecular weight excluding hydrogens is 144 g/mol. The summed E-state index contributed by atoms with van der Waals surface area (Å²) in [6, 6.07) is 0. The quantitative estimate of drug-likeness (QED) is 0.568. The molecule has 1 rings (SSSR count). The van der Waals surface area contributed by atoms with Gasteiger partial charge in [-0.1, -0.05) is 6.92 Å². The van der Waals surface area contributed by atoms with Crippen LogP contribution in [0.25, 0.3) is 0 Å². The second-order valence-corrected chi connectivity index (χ2v) is 2.95. The van der Waals surface area contributed by atoms with Gasteiger partial charge in [-0.2, -0.15) is 0 Å². The van der Waals surface area contributed by atoms with Crippen LogP contribution in [-0.4, -0.2) is 25.3 Å². The number of carbonyl (C=O) groups excluding carboxylic acids is 1. The molecule has 64 valence electrons. The molecule has 3 N–H and O–H groups in total. The highest BCUT2D eigenvalue weighted by Gasteiger charge is 2.23. The Balaban J connectivity index is 2.35. The maximum atomic E-state index is 10.4. The normalized spacial score (nSPS) is 31.4. The van der Waals surface area contributed by atoms with Crippen LogP contribution >= 0.6 is 0 Å². The molecule has 0 radical (unpaired) electrons. The highest BCUT2D eigenvalue weighted by Crippen LogP contribution is 2.14. The second kappa shape index (κ2) is 3.57. The van der Waals surface area contributed by atoms with Crippen molar-refractivity contribution in [2.75, 3.05) is 13.1 Å². The van der Waals surface area contributed by atoms with E-state index < -0.39 is 6.09 Å². The first kappa shape index (κ1) is 8.33. The maximum Gasteiger partial charge on any atom is 0.404 e. The average Bonchev–Trinajstić information content (AvgIpc) is 1.93. The monoisotopic (exact) mass is 158 g/mol. The zero-order valence-electron chi connectivity index (χ0n) is 6.67. The van der Waals surface area contributed by atoms with Gasteiger partial charge >= 0.3 is 6.09 Å². The van der Waals surface area contributed by atoms with E-state index in [1.165, 1.54) is 0 Å². The summed E-state index contributed by atoms with van der Waals surface area (Å²) in [6.45, 7) is 3.79. The fraction of sp³-hybridized carbons (Fsp3) is 0.857. The van der Waals surface area contributed by atoms with Gasteiger partial charge in [0.1, 0.15) is 6.10 Å². The van der Waals surface area contributed by atoms with Crippen LogP contribution in [0.5, 0.6) is 0 Å². The molecule has 1 amide bonds. The molecule has 0 aromatic heterocycles. The van der Waals surface area contributed by atoms with Crippen molar-refractivity contribution in [1.82, 2.24) is 5.32 Å². The Morgan fingerprint density at radius 2 is 2.45 bits per heavy atom. The Bertz CT molecular complexity index is 149. The molecule has 0 aromatic rings. The van der Waals surface area contributed by atoms with E-state index in [4.69, 9.17) is 10.5 Å². The highest BCUT2D eigenvalue weighted by atomic mass is 16.6. The molecule has 11 heavy (non-hydrogen) atoms. The van der Waals surface area contributed by atoms with Crippen LogP contribution in [0, 0.1) is 5.92 Å². The van der Waals surface area contributed by atoms with E-state index in [0.717, 1.165) is 19.5 Å². The van der Waals surface area contributed by atoms with Gasteiger partial charge in [-0.15, -0.1) is 0 Å². The van der Waals surface area contributed by atoms with E-state index in [0.29, 0.717) is 5.92 Å². The first-order chi connectivity index (χ1) is 5.20. The lowest BCUT2D eigenvalue weighted by molar-refractivity contribution is 0.0583. The molecule has 0 saturated carbocycles. The van der Waals surface area contributed by atoms with Crippen LogP contribution in [0.2, 0.25) is 0 Å². The maximum absolute atomic E-state index is 10.4. The van der Waals surface area contributed by atoms with E-state index in [1.54, 1.807) is 0 Å². The summed E-state index contributed by atoms with van der Waals surface area (Å²) in [6.07, 6.45) is 0.324. The third-order valence-corrected chi connectivity index (χ3v) is 2.02. The van der Waals surface area contributed by atoms with Crippen LogP contribution in [0.15, 0.2) is 0 Å². The highest BCUT2D eigenvalue weighted by molar-refractivity contribution is 5.64. The average molecular weight is 158 g/mol. The minimum Gasteiger partial charge on any atom is -0.445 e. The molecule has 1 heterocycles. The van der Waals surface area contributed by atoms with Gasteiger partial charge < -0.3 is 15.8 Å². The van der Waals surface area contributed by atoms with Crippen LogP contribution in [0.1, 0.15) is 13.3 Å². The molecule has 0 spiro atoms. The Morgan fingerprint density at radius 3 is 3.00 bits per heavy atom. The first-order valence-corrected chi connectivity index (χ1v) is 3.87. The molecule has 1 aliphatic rings. The fourth-order valence-corrected chi connectivity index (χ4v) is 1.27. The standard InChI is InChI=1S/C7H14N2O2/c1-5-2-3-9-4-6(5)11-7(8)10/h5-6,9H,2-4H2,1H3,(H2,8,10)/t5-,6+/m0/s1. The molecule has 1 saturated heterocycles. The van der Waals surface area contributed by atoms with E-state index >= 15 is 0 Å². The molecular formula is C7H14N2O2. The van der Waals surface area contributed by atoms with Crippen molar-refractivity contribution >= 4 is 6.09 Å². The molecule has 1 aliphatic heterocycles. The first-order valence-electron chi connectivity index (χ1n) is 3.87. The SMILES string of the molecule is C[C@H]1CCNC[C@H]1OC(N)=O. The van der Waals surface area contributed by atoms with Gasteiger partial charge in [-0.3, -0.25) is 0 Å². The lowest BCUT2D eigenvalue weighted by atomic mass is 9.97. The fourth-order valence-electron chi connectivity index (χ4n) is 1.27. The molecule has 2 atom stereocenters. The van der Waals surface area contributed by atoms with Crippen LogP contribution in [-0.2, 0) is 4.74 Å². The number of nitrogens with one attached hydrogen (secondary N) is 1. The van der Waals surface area contributed by atoms with E-state index in [2.05, 4.69) is 12.2 Å². The van der Waals surface area contributed by atoms with Crippen molar-refractivity contribution in [3.8, 4) is 0 Å². The minimum absolute atomic E-state index is 0.0405. The van der Waals surface area contributed by atoms with Gasteiger partial charge in [0, 0.05) is 6.54 Å². The molecule has 4 nitrogen and oxygen atoms in total. The molecule has 0 bridgehead atoms. The van der Waals surface area contributed by atoms with E-state index in [9.17, 15) is 4.79 Å². The van der Waals surface area contributed by atoms with Gasteiger partial charge in [0.05, 0.1) is 0 Å². The van der Waals surface area contributed by atoms with Gasteiger partial charge in [0.15, 0.2) is 0 Å². The van der Waals surface area contributed by atoms with Crippen molar-refractivity contribution in [3.05, 3.63) is 0 Å². The number of carbonyl (C=O) groups is 1. The number of ether oxygens (including phenoxy) is 1. The smallest absolute Gasteiger partial charge is 0.404 e. The summed E-state index contributed by atoms with van der Waals surface area (Å²) >= 11 is 0. The van der Waals surface area contributed by atoms with Crippen LogP contribution in [0.3, 0.4) is 0 Å². The molecule has 1 fully saturated rings. The molecule has 4 heteroatoms. The number of piperidine rings is 1. The Hall–Kier alpha value is -0.770. The summed E-state index contributed by atoms with van der Waals surface area (Å²) in [5.74, 6) is 0.420. The van der Waals surface area contributed by atoms with Crippen molar-refractivity contribution in [2.24, 2.45) is 11.7 Å². The Morgan fingerprint density at radius 1 is 1.73 bits per heavy atom. The number of rotatable bonds is 1. The Labute approximate surface area is 66.1 Å². The third kappa shape index (κ3) is 2.38. The number of nitrogens with two attached hydrogens (primary N) is 1. The van der Waals surface area contributed by atoms with Crippen molar-refractivity contribution in [1.29, 1.82) is 0 Å². The van der Waals surface area contributed by atoms with E-state index in [-0.39, 0.29) is 6.10 Å². The summed E-state index contributed by atoms with van der Waals surface area (Å²) in [5.41, 5.74) is 4.90. The number of amides is 1. The summed E-state index contributed by atoms with van der Waals surface area (Å²) in [4.78, 5) is 10.4. The summed E-state index contributed by atoms with van der Waals surface area (Å²) < 4.78 is 4.88. The van der Waals surface area contributed by atoms with Crippen LogP contribution in [0.4, 0.5) is 4.79 Å². The molecule has 0 unspecified atom stereocenters. The van der Waals surface area contributed by atoms with Crippen molar-refractivity contribution in [3.63, 3.8) is 0 Å². The third-order valence-electron chi connectivity index (χ3n) is 2.02. The predicted octanol–water partition coefficient (Wildman–Crippen LogP) is 0.0797. The number of primary amides is 1. The summed E-state index contributed by atoms with van der Waals surface area (Å²) in [7, 11) is 0. The topological polar surface area (TPSA) is 64.3 Å². The van der Waals surface area contributed by atoms with Crippen molar-refractivity contribution in [2.45, 2.75) is 19.4 Å². The van der Waals surface area contributed by atoms with Crippen LogP contribution < -0.4 is 11.1 Å². The molecule has 0 aromatic carbocycles. The van der Waals surface area contributed by atoms with Crippen molar-refractivity contribution < 1.29 is 9.53 Å². The zero-order valence-corrected chi connectivity index (χ0v) is 6.67. The van der Waals surface area contributed by atoms with Gasteiger partial charge in [-0.25, -0.2) is 4.79 Å². The molecule has 0 aliphatic carbocycles. The van der Waals surface area contributed by atoms with Gasteiger partial charge in [-0.05, 0) is 18.9 Å². The van der Waals surface area contributed by atoms with E-state index in [1.807, 2.05) is 0 Å². The Kier molecular flexibility index (Phi) is 2.70. The second-order valence-electron chi connectivity index (χ2n) is 2.95. The van der Waals surface area contributed by atoms with Gasteiger partial charge in [0.2, 0.25) is 0 Å². The zero-order chi connectivity index (χ0) is 8.27.